The summed E-state index contributed by atoms with van der Waals surface area (Å²) in [5.74, 6) is 0. The lowest BCUT2D eigenvalue weighted by atomic mass is 10.2. The molecule has 2 rings (SSSR count). The van der Waals surface area contributed by atoms with Crippen LogP contribution in [0.2, 0.25) is 0 Å². The third-order valence-corrected chi connectivity index (χ3v) is 1.97. The smallest absolute Gasteiger partial charge is 0.134 e. The molecule has 0 fully saturated rings. The van der Waals surface area contributed by atoms with Crippen molar-refractivity contribution in [3.8, 4) is 0 Å². The minimum absolute atomic E-state index is 0.577. The lowest BCUT2D eigenvalue weighted by Crippen LogP contribution is -1.85. The Labute approximate surface area is 77.1 Å². The first kappa shape index (κ1) is 8.32. The minimum Gasteiger partial charge on any atom is -0.464 e. The van der Waals surface area contributed by atoms with Crippen molar-refractivity contribution >= 4 is 11.0 Å². The summed E-state index contributed by atoms with van der Waals surface area (Å²) in [6, 6.07) is 7.95. The maximum absolute atomic E-state index is 5.35. The molecule has 0 bridgehead atoms. The Kier molecular flexibility index (Phi) is 2.32. The monoisotopic (exact) mass is 175 g/mol. The Morgan fingerprint density at radius 1 is 1.38 bits per heavy atom. The molecule has 0 aliphatic carbocycles. The van der Waals surface area contributed by atoms with Crippen LogP contribution in [-0.2, 0) is 11.3 Å². The molecule has 1 aromatic carbocycles. The van der Waals surface area contributed by atoms with Crippen molar-refractivity contribution in [3.05, 3.63) is 42.7 Å². The Balaban J connectivity index is 2.35. The fourth-order valence-corrected chi connectivity index (χ4v) is 1.32. The predicted octanol–water partition coefficient (Wildman–Crippen LogP) is 3.13. The molecule has 13 heavy (non-hydrogen) atoms. The summed E-state index contributed by atoms with van der Waals surface area (Å²) in [5, 5.41) is 1.13. The van der Waals surface area contributed by atoms with E-state index in [0.29, 0.717) is 6.61 Å². The fourth-order valence-electron chi connectivity index (χ4n) is 1.32. The van der Waals surface area contributed by atoms with Crippen LogP contribution in [0.4, 0.5) is 0 Å². The summed E-state index contributed by atoms with van der Waals surface area (Å²) in [7, 11) is 0. The van der Waals surface area contributed by atoms with Crippen molar-refractivity contribution in [1.29, 1.82) is 0 Å². The molecule has 0 spiro atoms. The van der Waals surface area contributed by atoms with Crippen LogP contribution < -0.4 is 0 Å². The van der Waals surface area contributed by atoms with Gasteiger partial charge < -0.3 is 9.15 Å². The number of hydrogen-bond donors (Lipinski definition) is 0. The predicted molar refractivity (Wildman–Crippen MR) is 51.0 cm³/mol. The molecule has 0 N–H and O–H groups in total. The normalized spacial score (nSPS) is 10.8. The van der Waals surface area contributed by atoms with E-state index in [1.807, 2.05) is 31.2 Å². The van der Waals surface area contributed by atoms with Crippen LogP contribution in [-0.4, -0.2) is 0 Å². The van der Waals surface area contributed by atoms with Crippen molar-refractivity contribution in [2.75, 3.05) is 0 Å². The molecule has 0 saturated heterocycles. The van der Waals surface area contributed by atoms with Gasteiger partial charge in [0.15, 0.2) is 0 Å². The highest BCUT2D eigenvalue weighted by Gasteiger charge is 2.03. The summed E-state index contributed by atoms with van der Waals surface area (Å²) in [4.78, 5) is 0. The molecule has 0 saturated carbocycles. The zero-order chi connectivity index (χ0) is 9.10. The number of hydrogen-bond acceptors (Lipinski definition) is 2. The van der Waals surface area contributed by atoms with Gasteiger partial charge in [-0.2, -0.15) is 0 Å². The maximum atomic E-state index is 5.35. The summed E-state index contributed by atoms with van der Waals surface area (Å²) in [6.45, 7) is 4.12. The number of para-hydroxylation sites is 1. The third kappa shape index (κ3) is 1.58. The van der Waals surface area contributed by atoms with Crippen LogP contribution in [0.5, 0.6) is 0 Å². The van der Waals surface area contributed by atoms with Gasteiger partial charge in [0.25, 0.3) is 0 Å². The average Bonchev–Trinajstić information content (AvgIpc) is 2.58. The fraction of sp³-hybridized carbons (Fsp3) is 0.182. The molecule has 1 heterocycles. The second-order valence-corrected chi connectivity index (χ2v) is 2.80. The van der Waals surface area contributed by atoms with E-state index in [9.17, 15) is 0 Å². The quantitative estimate of drug-likeness (QED) is 0.715. The average molecular weight is 175 g/mol. The molecule has 0 amide bonds. The standard InChI is InChI=1S/C11H11O2/c1-2-12-7-9-8-13-11-6-4-3-5-10(9)11/h2-6,8H,7H2,1H3. The molecule has 67 valence electrons. The van der Waals surface area contributed by atoms with E-state index in [2.05, 4.69) is 0 Å². The van der Waals surface area contributed by atoms with Gasteiger partial charge in [-0.05, 0) is 13.0 Å². The highest BCUT2D eigenvalue weighted by atomic mass is 16.5. The third-order valence-electron chi connectivity index (χ3n) is 1.97. The van der Waals surface area contributed by atoms with Crippen molar-refractivity contribution < 1.29 is 9.15 Å². The molecule has 1 aromatic heterocycles. The van der Waals surface area contributed by atoms with E-state index in [1.165, 1.54) is 0 Å². The number of ether oxygens (including phenoxy) is 1. The van der Waals surface area contributed by atoms with Crippen LogP contribution in [0, 0.1) is 6.61 Å². The summed E-state index contributed by atoms with van der Waals surface area (Å²) in [6.07, 6.45) is 1.74. The number of benzene rings is 1. The molecule has 1 radical (unpaired) electrons. The van der Waals surface area contributed by atoms with Gasteiger partial charge in [-0.1, -0.05) is 18.2 Å². The molecular formula is C11H11O2. The van der Waals surface area contributed by atoms with Gasteiger partial charge in [0.1, 0.15) is 5.58 Å². The second-order valence-electron chi connectivity index (χ2n) is 2.80. The Hall–Kier alpha value is -1.28. The number of rotatable bonds is 3. The molecule has 2 aromatic rings. The SMILES string of the molecule is C[CH]OCc1coc2ccccc12. The summed E-state index contributed by atoms with van der Waals surface area (Å²) < 4.78 is 10.6. The van der Waals surface area contributed by atoms with Crippen molar-refractivity contribution in [2.24, 2.45) is 0 Å². The largest absolute Gasteiger partial charge is 0.464 e. The molecule has 0 aliphatic rings. The first-order valence-electron chi connectivity index (χ1n) is 4.26. The second kappa shape index (κ2) is 3.62. The van der Waals surface area contributed by atoms with E-state index in [-0.39, 0.29) is 0 Å². The summed E-state index contributed by atoms with van der Waals surface area (Å²) >= 11 is 0. The Morgan fingerprint density at radius 3 is 3.08 bits per heavy atom. The Bertz CT molecular complexity index is 390. The van der Waals surface area contributed by atoms with Crippen LogP contribution in [0.3, 0.4) is 0 Å². The van der Waals surface area contributed by atoms with Gasteiger partial charge in [-0.15, -0.1) is 0 Å². The first-order chi connectivity index (χ1) is 6.42. The topological polar surface area (TPSA) is 22.4 Å². The van der Waals surface area contributed by atoms with E-state index in [1.54, 1.807) is 12.9 Å². The van der Waals surface area contributed by atoms with E-state index >= 15 is 0 Å². The van der Waals surface area contributed by atoms with Crippen LogP contribution in [0.1, 0.15) is 12.5 Å². The van der Waals surface area contributed by atoms with Gasteiger partial charge in [0, 0.05) is 10.9 Å². The lowest BCUT2D eigenvalue weighted by molar-refractivity contribution is 0.191. The Morgan fingerprint density at radius 2 is 2.23 bits per heavy atom. The van der Waals surface area contributed by atoms with Gasteiger partial charge in [0.05, 0.1) is 19.5 Å². The minimum atomic E-state index is 0.577. The van der Waals surface area contributed by atoms with Gasteiger partial charge in [-0.3, -0.25) is 0 Å². The van der Waals surface area contributed by atoms with Crippen LogP contribution in [0.15, 0.2) is 34.9 Å². The maximum Gasteiger partial charge on any atom is 0.134 e. The van der Waals surface area contributed by atoms with E-state index in [4.69, 9.17) is 9.15 Å². The van der Waals surface area contributed by atoms with E-state index < -0.39 is 0 Å². The van der Waals surface area contributed by atoms with Gasteiger partial charge in [0.2, 0.25) is 0 Å². The zero-order valence-corrected chi connectivity index (χ0v) is 7.49. The van der Waals surface area contributed by atoms with Gasteiger partial charge >= 0.3 is 0 Å². The molecule has 0 atom stereocenters. The van der Waals surface area contributed by atoms with Crippen LogP contribution in [0.25, 0.3) is 11.0 Å². The zero-order valence-electron chi connectivity index (χ0n) is 7.49. The highest BCUT2D eigenvalue weighted by molar-refractivity contribution is 5.80. The number of fused-ring (bicyclic) bond motifs is 1. The molecule has 2 nitrogen and oxygen atoms in total. The summed E-state index contributed by atoms with van der Waals surface area (Å²) in [5.41, 5.74) is 2.01. The van der Waals surface area contributed by atoms with Crippen LogP contribution >= 0.6 is 0 Å². The van der Waals surface area contributed by atoms with Crippen molar-refractivity contribution in [1.82, 2.24) is 0 Å². The first-order valence-corrected chi connectivity index (χ1v) is 4.26. The van der Waals surface area contributed by atoms with Gasteiger partial charge in [-0.25, -0.2) is 0 Å². The highest BCUT2D eigenvalue weighted by Crippen LogP contribution is 2.21. The molecular weight excluding hydrogens is 164 g/mol. The number of furan rings is 1. The van der Waals surface area contributed by atoms with Crippen molar-refractivity contribution in [2.45, 2.75) is 13.5 Å². The molecule has 0 aliphatic heterocycles. The molecule has 0 unspecified atom stereocenters. The molecule has 2 heteroatoms. The van der Waals surface area contributed by atoms with Crippen molar-refractivity contribution in [3.63, 3.8) is 0 Å². The van der Waals surface area contributed by atoms with E-state index in [0.717, 1.165) is 16.5 Å². The lowest BCUT2D eigenvalue weighted by Gasteiger charge is -1.96.